The normalized spacial score (nSPS) is 36.3. The lowest BCUT2D eigenvalue weighted by atomic mass is 9.82. The molecule has 0 aromatic rings. The van der Waals surface area contributed by atoms with Gasteiger partial charge in [-0.05, 0) is 77.5 Å². The third-order valence-electron chi connectivity index (χ3n) is 5.64. The third-order valence-corrected chi connectivity index (χ3v) is 5.64. The molecule has 0 amide bonds. The molecule has 1 N–H and O–H groups in total. The highest BCUT2D eigenvalue weighted by Crippen LogP contribution is 2.32. The zero-order chi connectivity index (χ0) is 13.2. The summed E-state index contributed by atoms with van der Waals surface area (Å²) >= 11 is 0. The van der Waals surface area contributed by atoms with Gasteiger partial charge in [-0.25, -0.2) is 0 Å². The maximum absolute atomic E-state index is 3.50. The molecule has 4 fully saturated rings. The van der Waals surface area contributed by atoms with Crippen molar-refractivity contribution in [1.29, 1.82) is 0 Å². The molecular weight excluding hydrogens is 234 g/mol. The maximum Gasteiger partial charge on any atom is 0.0255 e. The lowest BCUT2D eigenvalue weighted by Crippen LogP contribution is -2.59. The standard InChI is InChI=1S/C16H31N3/c1-13(2)19(11-14-3-7-17-8-4-14)16-12-18-9-5-15(16)6-10-18/h13-17H,3-12H2,1-2H3. The van der Waals surface area contributed by atoms with E-state index in [-0.39, 0.29) is 0 Å². The fraction of sp³-hybridized carbons (Fsp3) is 1.00. The van der Waals surface area contributed by atoms with E-state index in [0.29, 0.717) is 6.04 Å². The van der Waals surface area contributed by atoms with Gasteiger partial charge in [-0.1, -0.05) is 0 Å². The smallest absolute Gasteiger partial charge is 0.0255 e. The van der Waals surface area contributed by atoms with Crippen LogP contribution in [0.1, 0.15) is 39.5 Å². The van der Waals surface area contributed by atoms with E-state index < -0.39 is 0 Å². The molecule has 0 saturated carbocycles. The molecule has 0 aromatic heterocycles. The van der Waals surface area contributed by atoms with E-state index in [4.69, 9.17) is 0 Å². The molecule has 110 valence electrons. The number of rotatable bonds is 4. The van der Waals surface area contributed by atoms with Crippen molar-refractivity contribution in [1.82, 2.24) is 15.1 Å². The fourth-order valence-corrected chi connectivity index (χ4v) is 4.40. The minimum Gasteiger partial charge on any atom is -0.317 e. The molecule has 1 atom stereocenters. The van der Waals surface area contributed by atoms with E-state index in [1.807, 2.05) is 0 Å². The van der Waals surface area contributed by atoms with Gasteiger partial charge in [0.25, 0.3) is 0 Å². The fourth-order valence-electron chi connectivity index (χ4n) is 4.40. The van der Waals surface area contributed by atoms with Crippen LogP contribution in [0.3, 0.4) is 0 Å². The summed E-state index contributed by atoms with van der Waals surface area (Å²) in [7, 11) is 0. The second-order valence-corrected chi connectivity index (χ2v) is 7.19. The van der Waals surface area contributed by atoms with Crippen LogP contribution in [0.4, 0.5) is 0 Å². The summed E-state index contributed by atoms with van der Waals surface area (Å²) in [5.41, 5.74) is 0. The first-order valence-electron chi connectivity index (χ1n) is 8.43. The highest BCUT2D eigenvalue weighted by atomic mass is 15.3. The third kappa shape index (κ3) is 3.14. The van der Waals surface area contributed by atoms with Crippen molar-refractivity contribution in [2.45, 2.75) is 51.6 Å². The number of piperidine rings is 4. The largest absolute Gasteiger partial charge is 0.317 e. The number of fused-ring (bicyclic) bond motifs is 3. The average molecular weight is 265 g/mol. The molecule has 4 heterocycles. The van der Waals surface area contributed by atoms with Crippen molar-refractivity contribution < 1.29 is 0 Å². The van der Waals surface area contributed by atoms with E-state index in [0.717, 1.165) is 17.9 Å². The summed E-state index contributed by atoms with van der Waals surface area (Å²) in [6.07, 6.45) is 5.65. The van der Waals surface area contributed by atoms with Gasteiger partial charge < -0.3 is 10.2 Å². The number of nitrogens with zero attached hydrogens (tertiary/aromatic N) is 2. The molecule has 19 heavy (non-hydrogen) atoms. The Bertz CT molecular complexity index is 278. The van der Waals surface area contributed by atoms with E-state index >= 15 is 0 Å². The molecule has 4 saturated heterocycles. The Morgan fingerprint density at radius 1 is 1.11 bits per heavy atom. The first-order chi connectivity index (χ1) is 9.24. The van der Waals surface area contributed by atoms with Crippen LogP contribution < -0.4 is 5.32 Å². The van der Waals surface area contributed by atoms with Crippen LogP contribution in [-0.2, 0) is 0 Å². The monoisotopic (exact) mass is 265 g/mol. The molecule has 4 aliphatic heterocycles. The van der Waals surface area contributed by atoms with Crippen LogP contribution >= 0.6 is 0 Å². The average Bonchev–Trinajstić information content (AvgIpc) is 2.47. The minimum atomic E-state index is 0.709. The van der Waals surface area contributed by atoms with Crippen molar-refractivity contribution in [3.63, 3.8) is 0 Å². The van der Waals surface area contributed by atoms with Crippen molar-refractivity contribution >= 4 is 0 Å². The van der Waals surface area contributed by atoms with Gasteiger partial charge in [-0.15, -0.1) is 0 Å². The second kappa shape index (κ2) is 6.11. The molecule has 0 aromatic carbocycles. The second-order valence-electron chi connectivity index (χ2n) is 7.19. The summed E-state index contributed by atoms with van der Waals surface area (Å²) in [4.78, 5) is 5.55. The van der Waals surface area contributed by atoms with E-state index in [1.54, 1.807) is 0 Å². The van der Waals surface area contributed by atoms with E-state index in [9.17, 15) is 0 Å². The molecule has 4 aliphatic rings. The highest BCUT2D eigenvalue weighted by molar-refractivity contribution is 4.94. The van der Waals surface area contributed by atoms with Crippen molar-refractivity contribution in [3.05, 3.63) is 0 Å². The number of hydrogen-bond acceptors (Lipinski definition) is 3. The Hall–Kier alpha value is -0.120. The zero-order valence-corrected chi connectivity index (χ0v) is 12.8. The molecule has 0 radical (unpaired) electrons. The van der Waals surface area contributed by atoms with Gasteiger partial charge in [0.1, 0.15) is 0 Å². The van der Waals surface area contributed by atoms with Crippen LogP contribution in [0, 0.1) is 11.8 Å². The molecular formula is C16H31N3. The Balaban J connectivity index is 1.63. The summed E-state index contributed by atoms with van der Waals surface area (Å²) in [6.45, 7) is 12.7. The van der Waals surface area contributed by atoms with Gasteiger partial charge in [0.15, 0.2) is 0 Å². The lowest BCUT2D eigenvalue weighted by Gasteiger charge is -2.51. The van der Waals surface area contributed by atoms with Crippen LogP contribution in [0.2, 0.25) is 0 Å². The predicted octanol–water partition coefficient (Wildman–Crippen LogP) is 1.79. The minimum absolute atomic E-state index is 0.709. The van der Waals surface area contributed by atoms with Gasteiger partial charge in [0.05, 0.1) is 0 Å². The van der Waals surface area contributed by atoms with Gasteiger partial charge in [0.2, 0.25) is 0 Å². The Morgan fingerprint density at radius 2 is 1.79 bits per heavy atom. The summed E-state index contributed by atoms with van der Waals surface area (Å²) in [6, 6.07) is 1.55. The van der Waals surface area contributed by atoms with Crippen molar-refractivity contribution in [3.8, 4) is 0 Å². The van der Waals surface area contributed by atoms with Gasteiger partial charge in [-0.3, -0.25) is 4.90 Å². The molecule has 1 unspecified atom stereocenters. The SMILES string of the molecule is CC(C)N(CC1CCNCC1)C1CN2CCC1CC2. The first kappa shape index (κ1) is 13.8. The zero-order valence-electron chi connectivity index (χ0n) is 12.8. The van der Waals surface area contributed by atoms with E-state index in [1.165, 1.54) is 65.0 Å². The molecule has 0 aliphatic carbocycles. The van der Waals surface area contributed by atoms with Crippen LogP contribution in [0.5, 0.6) is 0 Å². The molecule has 4 rings (SSSR count). The summed E-state index contributed by atoms with van der Waals surface area (Å²) < 4.78 is 0. The maximum atomic E-state index is 3.50. The summed E-state index contributed by atoms with van der Waals surface area (Å²) in [5.74, 6) is 1.91. The van der Waals surface area contributed by atoms with Gasteiger partial charge in [-0.2, -0.15) is 0 Å². The number of hydrogen-bond donors (Lipinski definition) is 1. The first-order valence-corrected chi connectivity index (χ1v) is 8.43. The quantitative estimate of drug-likeness (QED) is 0.836. The molecule has 2 bridgehead atoms. The van der Waals surface area contributed by atoms with Crippen molar-refractivity contribution in [2.75, 3.05) is 39.3 Å². The van der Waals surface area contributed by atoms with Crippen LogP contribution in [0.25, 0.3) is 0 Å². The number of nitrogens with one attached hydrogen (secondary N) is 1. The van der Waals surface area contributed by atoms with Gasteiger partial charge >= 0.3 is 0 Å². The van der Waals surface area contributed by atoms with Crippen LogP contribution in [0.15, 0.2) is 0 Å². The highest BCUT2D eigenvalue weighted by Gasteiger charge is 2.38. The van der Waals surface area contributed by atoms with Crippen molar-refractivity contribution in [2.24, 2.45) is 11.8 Å². The molecule has 3 heteroatoms. The Morgan fingerprint density at radius 3 is 2.32 bits per heavy atom. The van der Waals surface area contributed by atoms with Gasteiger partial charge in [0, 0.05) is 25.2 Å². The Labute approximate surface area is 118 Å². The summed E-state index contributed by atoms with van der Waals surface area (Å²) in [5, 5.41) is 3.50. The van der Waals surface area contributed by atoms with Crippen LogP contribution in [-0.4, -0.2) is 61.2 Å². The topological polar surface area (TPSA) is 18.5 Å². The predicted molar refractivity (Wildman–Crippen MR) is 80.4 cm³/mol. The Kier molecular flexibility index (Phi) is 4.45. The molecule has 3 nitrogen and oxygen atoms in total. The van der Waals surface area contributed by atoms with E-state index in [2.05, 4.69) is 29.0 Å². The lowest BCUT2D eigenvalue weighted by molar-refractivity contribution is -0.0172. The molecule has 0 spiro atoms.